The molecule has 12 aliphatic carbocycles. The van der Waals surface area contributed by atoms with Gasteiger partial charge in [-0.15, -0.1) is 0 Å². The molecule has 500 valence electrons. The van der Waals surface area contributed by atoms with Crippen molar-refractivity contribution in [2.24, 2.45) is 82.5 Å². The van der Waals surface area contributed by atoms with E-state index in [-0.39, 0.29) is 131 Å². The van der Waals surface area contributed by atoms with Gasteiger partial charge in [-0.3, -0.25) is 24.0 Å². The number of carbonyl (C=O) groups excluding carboxylic acids is 3. The molecule has 22 nitrogen and oxygen atoms in total. The number of carbonyl (C=O) groups is 6. The number of hydrogen-bond donors (Lipinski definition) is 8. The second kappa shape index (κ2) is 31.4. The number of carboxylic acids is 3. The van der Waals surface area contributed by atoms with Crippen LogP contribution in [0.3, 0.4) is 0 Å². The number of aliphatic carboxylic acids is 2. The van der Waals surface area contributed by atoms with Crippen molar-refractivity contribution in [3.63, 3.8) is 0 Å². The largest absolute Gasteiger partial charge is 0.481 e. The number of nitrogens with zero attached hydrogens (tertiary/aromatic N) is 6. The minimum Gasteiger partial charge on any atom is -0.481 e. The van der Waals surface area contributed by atoms with E-state index in [1.54, 1.807) is 12.1 Å². The summed E-state index contributed by atoms with van der Waals surface area (Å²) in [5.74, 6) is -7.14. The zero-order valence-corrected chi connectivity index (χ0v) is 54.0. The Hall–Kier alpha value is -7.07. The molecule has 1 amide bonds. The molecular formula is C62H68Cl5F4N11O11. The maximum Gasteiger partial charge on any atom is 0.338 e. The molecule has 12 fully saturated rings. The summed E-state index contributed by atoms with van der Waals surface area (Å²) < 4.78 is 64.7. The van der Waals surface area contributed by atoms with E-state index in [0.29, 0.717) is 11.8 Å². The normalized spacial score (nSPS) is 28.8. The number of aromatic nitrogens is 4. The standard InChI is InChI=1S/C16H17ClFN3O2.C15H17ClFN3O3.C15H16ClFN2O4.C10H17NO2.C6HCl2FN2/c1-23-16(22)12-8-2-4-9(5-3-8)13(12)20-15-11(18)6-10(7-19)14(17)21-15;16-12-8(13(18)21)5-9(17)14(20-12)19-11-7-3-1-6(2-4-7)10(11)15(22)23;16-12-8(14(20)21)5-9(17)13(19-12)18-11-7-3-1-6(2-4-7)10(11)15(22)23;1-13-10(12)8-6-2-4-7(5-3-6)9(8)11;7-5-3(2-10)1-4(9)6(8)11-5/h6,8-9,12-13H,2-5H2,1H3,(H,20,21);5-7,10-11H,1-4H2,(H2,18,21)(H,19,20)(H,22,23);5-7,10-11H,1-4H2,(H,18,19)(H,20,21)(H,22,23);6-9H,2-5,11H2,1H3;1H/t8?,9?,12-,13-;2*6?,7?,10-,11-;6?,7?,8-,9-;/m0000./s1. The molecule has 10 N–H and O–H groups in total. The fraction of sp³-hybridized carbons (Fsp3) is 0.548. The number of carboxylic acid groups (broad SMARTS) is 3. The quantitative estimate of drug-likeness (QED) is 0.0371. The molecule has 12 saturated carbocycles. The number of primary amides is 1. The fourth-order valence-electron chi connectivity index (χ4n) is 15.2. The van der Waals surface area contributed by atoms with Crippen molar-refractivity contribution in [3.8, 4) is 12.1 Å². The lowest BCUT2D eigenvalue weighted by Gasteiger charge is -2.47. The van der Waals surface area contributed by atoms with Gasteiger partial charge in [-0.25, -0.2) is 42.3 Å². The maximum absolute atomic E-state index is 14.2. The van der Waals surface area contributed by atoms with E-state index in [9.17, 15) is 56.5 Å². The Bertz CT molecular complexity index is 3450. The van der Waals surface area contributed by atoms with Gasteiger partial charge in [0.1, 0.15) is 32.8 Å². The molecule has 0 radical (unpaired) electrons. The number of methoxy groups -OCH3 is 2. The zero-order valence-electron chi connectivity index (χ0n) is 50.2. The lowest BCUT2D eigenvalue weighted by Crippen LogP contribution is -2.52. The monoisotopic (exact) mass is 1390 g/mol. The van der Waals surface area contributed by atoms with Crippen molar-refractivity contribution in [2.75, 3.05) is 30.2 Å². The number of halogens is 9. The molecule has 4 aromatic rings. The summed E-state index contributed by atoms with van der Waals surface area (Å²) in [6.45, 7) is 0. The second-order valence-electron chi connectivity index (χ2n) is 24.6. The van der Waals surface area contributed by atoms with Crippen molar-refractivity contribution in [1.29, 1.82) is 10.5 Å². The minimum absolute atomic E-state index is 0.00982. The highest BCUT2D eigenvalue weighted by Crippen LogP contribution is 2.50. The van der Waals surface area contributed by atoms with Crippen LogP contribution in [0, 0.1) is 117 Å². The van der Waals surface area contributed by atoms with Crippen LogP contribution in [-0.4, -0.2) is 109 Å². The number of nitrogens with one attached hydrogen (secondary N) is 3. The van der Waals surface area contributed by atoms with Gasteiger partial charge in [-0.2, -0.15) is 10.5 Å². The predicted octanol–water partition coefficient (Wildman–Crippen LogP) is 11.6. The Morgan fingerprint density at radius 1 is 0.462 bits per heavy atom. The summed E-state index contributed by atoms with van der Waals surface area (Å²) >= 11 is 28.2. The predicted molar refractivity (Wildman–Crippen MR) is 332 cm³/mol. The van der Waals surface area contributed by atoms with Gasteiger partial charge in [-0.05, 0) is 174 Å². The van der Waals surface area contributed by atoms with Crippen molar-refractivity contribution < 1.29 is 71.1 Å². The number of nitrogens with two attached hydrogens (primary N) is 2. The van der Waals surface area contributed by atoms with Crippen LogP contribution in [0.4, 0.5) is 35.0 Å². The molecule has 31 heteroatoms. The van der Waals surface area contributed by atoms with Crippen LogP contribution in [0.15, 0.2) is 24.3 Å². The van der Waals surface area contributed by atoms with Gasteiger partial charge in [0, 0.05) is 24.2 Å². The Balaban J connectivity index is 0.000000153. The van der Waals surface area contributed by atoms with Crippen LogP contribution < -0.4 is 27.4 Å². The summed E-state index contributed by atoms with van der Waals surface area (Å²) in [6, 6.07) is 6.22. The van der Waals surface area contributed by atoms with Gasteiger partial charge in [-0.1, -0.05) is 58.0 Å². The second-order valence-corrected chi connectivity index (χ2v) is 26.4. The SMILES string of the molecule is COC(=O)[C@H]1C2CCC(CC2)[C@@H]1N.COC(=O)[C@H]1C2CCC(CC2)[C@@H]1Nc1nc(Cl)c(C#N)cc1F.N#Cc1cc(F)c(Cl)nc1Cl.NC(=O)c1cc(F)c(N[C@H]2C3CCC(CC3)[C@@H]2C(=O)O)nc1Cl.O=C(O)c1cc(F)c(N[C@H]2C3CCC(CC3)[C@@H]2C(=O)O)nc1Cl. The maximum atomic E-state index is 14.2. The molecule has 0 aliphatic heterocycles. The van der Waals surface area contributed by atoms with E-state index in [4.69, 9.17) is 94.6 Å². The van der Waals surface area contributed by atoms with Crippen molar-refractivity contribution in [2.45, 2.75) is 127 Å². The van der Waals surface area contributed by atoms with E-state index in [1.807, 2.05) is 0 Å². The van der Waals surface area contributed by atoms with Gasteiger partial charge in [0.2, 0.25) is 0 Å². The Labute approximate surface area is 557 Å². The summed E-state index contributed by atoms with van der Waals surface area (Å²) in [5, 5.41) is 53.0. The number of rotatable bonds is 12. The first-order valence-electron chi connectivity index (χ1n) is 30.3. The molecule has 4 aromatic heterocycles. The van der Waals surface area contributed by atoms with Crippen LogP contribution in [-0.2, 0) is 28.7 Å². The topological polar surface area (TPSA) is 369 Å². The third kappa shape index (κ3) is 16.4. The number of pyridine rings is 4. The molecule has 16 rings (SSSR count). The molecular weight excluding hydrogens is 1330 g/mol. The van der Waals surface area contributed by atoms with E-state index < -0.39 is 76.6 Å². The highest BCUT2D eigenvalue weighted by Gasteiger charge is 2.51. The molecule has 0 unspecified atom stereocenters. The zero-order chi connectivity index (χ0) is 67.9. The van der Waals surface area contributed by atoms with E-state index >= 15 is 0 Å². The molecule has 8 bridgehead atoms. The van der Waals surface area contributed by atoms with Gasteiger partial charge in [0.25, 0.3) is 5.91 Å². The molecule has 4 heterocycles. The van der Waals surface area contributed by atoms with E-state index in [1.165, 1.54) is 27.1 Å². The van der Waals surface area contributed by atoms with Crippen LogP contribution in [0.1, 0.15) is 135 Å². The summed E-state index contributed by atoms with van der Waals surface area (Å²) in [4.78, 5) is 83.8. The minimum atomic E-state index is -1.37. The summed E-state index contributed by atoms with van der Waals surface area (Å²) in [6.07, 6.45) is 15.9. The van der Waals surface area contributed by atoms with Gasteiger partial charge in [0.15, 0.2) is 45.9 Å². The van der Waals surface area contributed by atoms with Crippen LogP contribution >= 0.6 is 58.0 Å². The van der Waals surface area contributed by atoms with E-state index in [2.05, 4.69) is 35.9 Å². The number of fused-ring (bicyclic) bond motifs is 12. The van der Waals surface area contributed by atoms with E-state index in [0.717, 1.165) is 114 Å². The molecule has 12 aliphatic rings. The highest BCUT2D eigenvalue weighted by molar-refractivity contribution is 6.34. The molecule has 0 spiro atoms. The Kier molecular flexibility index (Phi) is 24.3. The molecule has 0 saturated heterocycles. The first-order chi connectivity index (χ1) is 44.2. The molecule has 8 atom stereocenters. The number of hydrogen-bond acceptors (Lipinski definition) is 18. The molecule has 0 aromatic carbocycles. The average Bonchev–Trinajstić information content (AvgIpc) is 0.929. The van der Waals surface area contributed by atoms with Crippen molar-refractivity contribution >= 4 is 111 Å². The number of aromatic carboxylic acids is 1. The van der Waals surface area contributed by atoms with Crippen LogP contribution in [0.25, 0.3) is 0 Å². The first kappa shape index (κ1) is 71.8. The third-order valence-corrected chi connectivity index (χ3v) is 21.2. The van der Waals surface area contributed by atoms with Gasteiger partial charge in [0.05, 0.1) is 60.1 Å². The average molecular weight is 1400 g/mol. The lowest BCUT2D eigenvalue weighted by molar-refractivity contribution is -0.153. The van der Waals surface area contributed by atoms with Gasteiger partial charge >= 0.3 is 29.8 Å². The van der Waals surface area contributed by atoms with Crippen molar-refractivity contribution in [3.05, 3.63) is 95.6 Å². The smallest absolute Gasteiger partial charge is 0.338 e. The van der Waals surface area contributed by atoms with Crippen molar-refractivity contribution in [1.82, 2.24) is 19.9 Å². The van der Waals surface area contributed by atoms with Gasteiger partial charge < -0.3 is 52.2 Å². The Morgan fingerprint density at radius 2 is 0.774 bits per heavy atom. The number of nitriles is 2. The highest BCUT2D eigenvalue weighted by atomic mass is 35.5. The number of ether oxygens (including phenoxy) is 2. The fourth-order valence-corrected chi connectivity index (χ4v) is 16.2. The number of amides is 1. The van der Waals surface area contributed by atoms with Crippen LogP contribution in [0.2, 0.25) is 25.8 Å². The third-order valence-electron chi connectivity index (χ3n) is 19.8. The summed E-state index contributed by atoms with van der Waals surface area (Å²) in [5.41, 5.74) is 10.5. The number of anilines is 3. The lowest BCUT2D eigenvalue weighted by atomic mass is 9.61. The molecule has 93 heavy (non-hydrogen) atoms. The van der Waals surface area contributed by atoms with Crippen LogP contribution in [0.5, 0.6) is 0 Å². The first-order valence-corrected chi connectivity index (χ1v) is 32.2. The number of esters is 2. The Morgan fingerprint density at radius 3 is 1.15 bits per heavy atom. The summed E-state index contributed by atoms with van der Waals surface area (Å²) in [7, 11) is 2.83.